The SMILES string of the molecule is Cc1ncc(-c2ccc3c(c2)C(c2cnc(N4[C@@H]5COC[C@H]4C5)cn2)CC(=O)C3(C)C)cn1. The van der Waals surface area contributed by atoms with Crippen molar-refractivity contribution in [2.24, 2.45) is 0 Å². The molecule has 33 heavy (non-hydrogen) atoms. The van der Waals surface area contributed by atoms with Crippen molar-refractivity contribution in [1.29, 1.82) is 0 Å². The van der Waals surface area contributed by atoms with Crippen LogP contribution < -0.4 is 4.90 Å². The highest BCUT2D eigenvalue weighted by Crippen LogP contribution is 2.44. The van der Waals surface area contributed by atoms with Crippen LogP contribution in [0.1, 0.15) is 55.3 Å². The monoisotopic (exact) mass is 441 g/mol. The second-order valence-corrected chi connectivity index (χ2v) is 9.91. The molecule has 1 aromatic carbocycles. The fraction of sp³-hybridized carbons (Fsp3) is 0.423. The van der Waals surface area contributed by atoms with Gasteiger partial charge in [0, 0.05) is 35.7 Å². The van der Waals surface area contributed by atoms with Crippen molar-refractivity contribution < 1.29 is 9.53 Å². The largest absolute Gasteiger partial charge is 0.377 e. The first-order chi connectivity index (χ1) is 15.9. The Morgan fingerprint density at radius 1 is 0.970 bits per heavy atom. The Kier molecular flexibility index (Phi) is 4.59. The smallest absolute Gasteiger partial charge is 0.147 e. The van der Waals surface area contributed by atoms with E-state index in [2.05, 4.69) is 33.1 Å². The van der Waals surface area contributed by atoms with Crippen LogP contribution >= 0.6 is 0 Å². The van der Waals surface area contributed by atoms with Crippen LogP contribution in [-0.4, -0.2) is 51.0 Å². The molecule has 2 bridgehead atoms. The van der Waals surface area contributed by atoms with Gasteiger partial charge in [-0.25, -0.2) is 15.0 Å². The first-order valence-electron chi connectivity index (χ1n) is 11.6. The maximum atomic E-state index is 13.1. The predicted octanol–water partition coefficient (Wildman–Crippen LogP) is 3.60. The van der Waals surface area contributed by atoms with Gasteiger partial charge in [-0.05, 0) is 43.9 Å². The number of aryl methyl sites for hydroxylation is 1. The number of aromatic nitrogens is 4. The molecule has 3 atom stereocenters. The van der Waals surface area contributed by atoms with Crippen LogP contribution in [-0.2, 0) is 14.9 Å². The first kappa shape index (κ1) is 20.4. The fourth-order valence-electron chi connectivity index (χ4n) is 5.46. The summed E-state index contributed by atoms with van der Waals surface area (Å²) in [4.78, 5) is 33.7. The number of fused-ring (bicyclic) bond motifs is 3. The number of carbonyl (C=O) groups excluding carboxylic acids is 1. The van der Waals surface area contributed by atoms with Gasteiger partial charge in [-0.1, -0.05) is 18.2 Å². The Bertz CT molecular complexity index is 1210. The minimum Gasteiger partial charge on any atom is -0.377 e. The Morgan fingerprint density at radius 2 is 1.73 bits per heavy atom. The molecule has 3 aliphatic rings. The molecule has 2 aromatic heterocycles. The minimum absolute atomic E-state index is 0.118. The van der Waals surface area contributed by atoms with Gasteiger partial charge in [-0.3, -0.25) is 9.78 Å². The maximum absolute atomic E-state index is 13.1. The molecule has 1 aliphatic carbocycles. The zero-order valence-corrected chi connectivity index (χ0v) is 19.2. The predicted molar refractivity (Wildman–Crippen MR) is 124 cm³/mol. The highest BCUT2D eigenvalue weighted by Gasteiger charge is 2.44. The lowest BCUT2D eigenvalue weighted by atomic mass is 9.67. The minimum atomic E-state index is -0.531. The molecule has 0 amide bonds. The molecule has 168 valence electrons. The van der Waals surface area contributed by atoms with E-state index < -0.39 is 5.41 Å². The quantitative estimate of drug-likeness (QED) is 0.614. The van der Waals surface area contributed by atoms with Gasteiger partial charge < -0.3 is 9.64 Å². The van der Waals surface area contributed by atoms with E-state index >= 15 is 0 Å². The number of nitrogens with zero attached hydrogens (tertiary/aromatic N) is 5. The summed E-state index contributed by atoms with van der Waals surface area (Å²) in [6.07, 6.45) is 8.99. The molecule has 6 rings (SSSR count). The Labute approximate surface area is 193 Å². The number of rotatable bonds is 3. The number of Topliss-reactive ketones (excluding diaryl/α,β-unsaturated/α-hetero) is 1. The van der Waals surface area contributed by atoms with Crippen LogP contribution in [0.2, 0.25) is 0 Å². The molecule has 2 fully saturated rings. The van der Waals surface area contributed by atoms with Crippen molar-refractivity contribution in [3.8, 4) is 11.1 Å². The van der Waals surface area contributed by atoms with Gasteiger partial charge in [0.15, 0.2) is 0 Å². The normalized spacial score (nSPS) is 25.4. The Balaban J connectivity index is 1.38. The van der Waals surface area contributed by atoms with Crippen LogP contribution in [0.4, 0.5) is 5.82 Å². The number of hydrogen-bond acceptors (Lipinski definition) is 7. The van der Waals surface area contributed by atoms with E-state index in [1.165, 1.54) is 0 Å². The summed E-state index contributed by atoms with van der Waals surface area (Å²) in [6, 6.07) is 7.12. The zero-order chi connectivity index (χ0) is 22.7. The van der Waals surface area contributed by atoms with E-state index in [4.69, 9.17) is 14.7 Å². The van der Waals surface area contributed by atoms with Gasteiger partial charge in [0.25, 0.3) is 0 Å². The molecule has 0 spiro atoms. The second kappa shape index (κ2) is 7.42. The molecule has 1 unspecified atom stereocenters. The van der Waals surface area contributed by atoms with E-state index in [1.807, 2.05) is 45.6 Å². The van der Waals surface area contributed by atoms with E-state index in [-0.39, 0.29) is 11.7 Å². The van der Waals surface area contributed by atoms with Gasteiger partial charge in [0.2, 0.25) is 0 Å². The molecule has 0 saturated carbocycles. The summed E-state index contributed by atoms with van der Waals surface area (Å²) in [7, 11) is 0. The molecule has 2 saturated heterocycles. The lowest BCUT2D eigenvalue weighted by Crippen LogP contribution is -2.64. The third-order valence-corrected chi connectivity index (χ3v) is 7.53. The maximum Gasteiger partial charge on any atom is 0.147 e. The summed E-state index contributed by atoms with van der Waals surface area (Å²) in [5.41, 5.74) is 4.50. The number of morpholine rings is 1. The van der Waals surface area contributed by atoms with Crippen molar-refractivity contribution in [3.05, 3.63) is 65.6 Å². The topological polar surface area (TPSA) is 81.1 Å². The molecule has 2 aliphatic heterocycles. The molecule has 7 nitrogen and oxygen atoms in total. The van der Waals surface area contributed by atoms with E-state index in [0.29, 0.717) is 18.5 Å². The lowest BCUT2D eigenvalue weighted by Gasteiger charge is -2.52. The summed E-state index contributed by atoms with van der Waals surface area (Å²) in [5, 5.41) is 0. The van der Waals surface area contributed by atoms with E-state index in [0.717, 1.165) is 59.2 Å². The number of ether oxygens (including phenoxy) is 1. The van der Waals surface area contributed by atoms with Crippen molar-refractivity contribution >= 4 is 11.6 Å². The van der Waals surface area contributed by atoms with Gasteiger partial charge >= 0.3 is 0 Å². The van der Waals surface area contributed by atoms with Gasteiger partial charge in [-0.2, -0.15) is 0 Å². The summed E-state index contributed by atoms with van der Waals surface area (Å²) < 4.78 is 5.59. The molecule has 4 heterocycles. The second-order valence-electron chi connectivity index (χ2n) is 9.91. The molecule has 0 radical (unpaired) electrons. The fourth-order valence-corrected chi connectivity index (χ4v) is 5.46. The highest BCUT2D eigenvalue weighted by molar-refractivity contribution is 5.93. The molecule has 7 heteroatoms. The Morgan fingerprint density at radius 3 is 2.39 bits per heavy atom. The number of carbonyl (C=O) groups is 1. The summed E-state index contributed by atoms with van der Waals surface area (Å²) >= 11 is 0. The van der Waals surface area contributed by atoms with Crippen molar-refractivity contribution in [1.82, 2.24) is 19.9 Å². The average Bonchev–Trinajstić information content (AvgIpc) is 2.83. The van der Waals surface area contributed by atoms with Crippen LogP contribution in [0.15, 0.2) is 43.0 Å². The van der Waals surface area contributed by atoms with Crippen molar-refractivity contribution in [3.63, 3.8) is 0 Å². The third-order valence-electron chi connectivity index (χ3n) is 7.53. The third kappa shape index (κ3) is 3.25. The van der Waals surface area contributed by atoms with Crippen LogP contribution in [0.5, 0.6) is 0 Å². The zero-order valence-electron chi connectivity index (χ0n) is 19.2. The van der Waals surface area contributed by atoms with Crippen molar-refractivity contribution in [2.75, 3.05) is 18.1 Å². The Hall–Kier alpha value is -3.19. The van der Waals surface area contributed by atoms with Gasteiger partial charge in [0.05, 0.1) is 43.4 Å². The van der Waals surface area contributed by atoms with Gasteiger partial charge in [0.1, 0.15) is 17.4 Å². The standard InChI is InChI=1S/C26H27N5O2/c1-15-27-9-17(10-28-15)16-4-5-22-20(6-16)21(8-24(32)26(22,2)3)23-11-30-25(12-29-23)31-18-7-19(31)14-33-13-18/h4-6,9-12,18-19,21H,7-8,13-14H2,1-3H3/t18-,19+,21?. The molecule has 3 aromatic rings. The molecular weight excluding hydrogens is 414 g/mol. The van der Waals surface area contributed by atoms with E-state index in [1.54, 1.807) is 0 Å². The number of hydrogen-bond donors (Lipinski definition) is 0. The lowest BCUT2D eigenvalue weighted by molar-refractivity contribution is -0.124. The van der Waals surface area contributed by atoms with Crippen LogP contribution in [0.25, 0.3) is 11.1 Å². The summed E-state index contributed by atoms with van der Waals surface area (Å²) in [5.74, 6) is 1.76. The van der Waals surface area contributed by atoms with Crippen LogP contribution in [0, 0.1) is 6.92 Å². The molecular formula is C26H27N5O2. The average molecular weight is 442 g/mol. The molecule has 0 N–H and O–H groups in total. The van der Waals surface area contributed by atoms with E-state index in [9.17, 15) is 4.79 Å². The van der Waals surface area contributed by atoms with Crippen LogP contribution in [0.3, 0.4) is 0 Å². The number of ketones is 1. The number of anilines is 1. The summed E-state index contributed by atoms with van der Waals surface area (Å²) in [6.45, 7) is 7.41. The first-order valence-corrected chi connectivity index (χ1v) is 11.6. The van der Waals surface area contributed by atoms with Crippen molar-refractivity contribution in [2.45, 2.75) is 57.0 Å². The van der Waals surface area contributed by atoms with Gasteiger partial charge in [-0.15, -0.1) is 0 Å². The number of benzene rings is 1. The highest BCUT2D eigenvalue weighted by atomic mass is 16.5.